The highest BCUT2D eigenvalue weighted by atomic mass is 16.5. The van der Waals surface area contributed by atoms with E-state index in [1.54, 1.807) is 34.9 Å². The molecular weight excluding hydrogens is 398 g/mol. The van der Waals surface area contributed by atoms with Gasteiger partial charge in [-0.2, -0.15) is 0 Å². The van der Waals surface area contributed by atoms with E-state index in [-0.39, 0.29) is 43.2 Å². The van der Waals surface area contributed by atoms with Crippen LogP contribution in [0.2, 0.25) is 0 Å². The number of anilines is 1. The van der Waals surface area contributed by atoms with Gasteiger partial charge in [0.25, 0.3) is 5.91 Å². The van der Waals surface area contributed by atoms with Crippen molar-refractivity contribution >= 4 is 29.4 Å². The van der Waals surface area contributed by atoms with Crippen LogP contribution in [0.15, 0.2) is 24.3 Å². The molecule has 4 rings (SSSR count). The van der Waals surface area contributed by atoms with Crippen molar-refractivity contribution in [1.29, 1.82) is 0 Å². The number of rotatable bonds is 8. The van der Waals surface area contributed by atoms with Crippen LogP contribution in [0.25, 0.3) is 0 Å². The number of para-hydroxylation sites is 1. The summed E-state index contributed by atoms with van der Waals surface area (Å²) in [4.78, 5) is 56.0. The van der Waals surface area contributed by atoms with E-state index in [2.05, 4.69) is 0 Å². The van der Waals surface area contributed by atoms with Crippen molar-refractivity contribution in [1.82, 2.24) is 9.80 Å². The largest absolute Gasteiger partial charge is 0.466 e. The van der Waals surface area contributed by atoms with Crippen molar-refractivity contribution in [2.75, 3.05) is 31.1 Å². The lowest BCUT2D eigenvalue weighted by Crippen LogP contribution is -2.64. The SMILES string of the molecule is CCOC(=O)CCN(CC1CC1)C(=O)CN1C(=O)c2ccccc2N2C(=O)CCC12C. The molecule has 1 unspecified atom stereocenters. The second kappa shape index (κ2) is 8.32. The Kier molecular flexibility index (Phi) is 5.73. The Labute approximate surface area is 182 Å². The average Bonchev–Trinajstić information content (AvgIpc) is 3.51. The summed E-state index contributed by atoms with van der Waals surface area (Å²) >= 11 is 0. The van der Waals surface area contributed by atoms with Crippen molar-refractivity contribution < 1.29 is 23.9 Å². The topological polar surface area (TPSA) is 87.2 Å². The Morgan fingerprint density at radius 3 is 2.68 bits per heavy atom. The van der Waals surface area contributed by atoms with Gasteiger partial charge in [0, 0.05) is 19.5 Å². The van der Waals surface area contributed by atoms with E-state index in [0.29, 0.717) is 43.2 Å². The lowest BCUT2D eigenvalue weighted by molar-refractivity contribution is -0.144. The number of benzene rings is 1. The van der Waals surface area contributed by atoms with Crippen molar-refractivity contribution in [2.45, 2.75) is 51.6 Å². The maximum atomic E-state index is 13.4. The van der Waals surface area contributed by atoms with Crippen molar-refractivity contribution in [3.8, 4) is 0 Å². The zero-order valence-electron chi connectivity index (χ0n) is 18.1. The molecule has 3 aliphatic rings. The van der Waals surface area contributed by atoms with Crippen LogP contribution in [0.4, 0.5) is 5.69 Å². The van der Waals surface area contributed by atoms with Gasteiger partial charge in [0.15, 0.2) is 0 Å². The third-order valence-corrected chi connectivity index (χ3v) is 6.46. The molecule has 8 nitrogen and oxygen atoms in total. The maximum absolute atomic E-state index is 13.4. The van der Waals surface area contributed by atoms with Crippen LogP contribution in [0.5, 0.6) is 0 Å². The molecule has 8 heteroatoms. The third kappa shape index (κ3) is 4.03. The van der Waals surface area contributed by atoms with E-state index in [4.69, 9.17) is 4.74 Å². The summed E-state index contributed by atoms with van der Waals surface area (Å²) < 4.78 is 5.00. The molecule has 1 aromatic carbocycles. The van der Waals surface area contributed by atoms with Crippen LogP contribution < -0.4 is 4.90 Å². The van der Waals surface area contributed by atoms with E-state index in [0.717, 1.165) is 12.8 Å². The molecule has 0 bridgehead atoms. The summed E-state index contributed by atoms with van der Waals surface area (Å²) in [5.74, 6) is -0.377. The molecule has 1 saturated carbocycles. The van der Waals surface area contributed by atoms with Crippen LogP contribution in [0.3, 0.4) is 0 Å². The van der Waals surface area contributed by atoms with Crippen molar-refractivity contribution in [2.24, 2.45) is 5.92 Å². The Balaban J connectivity index is 1.56. The van der Waals surface area contributed by atoms with Gasteiger partial charge < -0.3 is 14.5 Å². The van der Waals surface area contributed by atoms with Gasteiger partial charge in [0.1, 0.15) is 12.2 Å². The van der Waals surface area contributed by atoms with Crippen molar-refractivity contribution in [3.63, 3.8) is 0 Å². The fourth-order valence-electron chi connectivity index (χ4n) is 4.57. The molecule has 1 aromatic rings. The Morgan fingerprint density at radius 2 is 1.97 bits per heavy atom. The van der Waals surface area contributed by atoms with E-state index in [1.165, 1.54) is 4.90 Å². The summed E-state index contributed by atoms with van der Waals surface area (Å²) in [6.45, 7) is 4.63. The molecule has 0 radical (unpaired) electrons. The molecule has 0 aromatic heterocycles. The number of ether oxygens (including phenoxy) is 1. The lowest BCUT2D eigenvalue weighted by atomic mass is 9.98. The van der Waals surface area contributed by atoms with E-state index in [9.17, 15) is 19.2 Å². The zero-order chi connectivity index (χ0) is 22.2. The van der Waals surface area contributed by atoms with Crippen LogP contribution in [-0.2, 0) is 19.1 Å². The second-order valence-electron chi connectivity index (χ2n) is 8.69. The average molecular weight is 428 g/mol. The molecular formula is C23H29N3O5. The predicted octanol–water partition coefficient (Wildman–Crippen LogP) is 2.18. The minimum Gasteiger partial charge on any atom is -0.466 e. The van der Waals surface area contributed by atoms with Gasteiger partial charge in [-0.05, 0) is 51.2 Å². The predicted molar refractivity (Wildman–Crippen MR) is 113 cm³/mol. The van der Waals surface area contributed by atoms with Gasteiger partial charge in [0.05, 0.1) is 24.3 Å². The van der Waals surface area contributed by atoms with Gasteiger partial charge in [0.2, 0.25) is 11.8 Å². The number of fused-ring (bicyclic) bond motifs is 3. The lowest BCUT2D eigenvalue weighted by Gasteiger charge is -2.48. The van der Waals surface area contributed by atoms with Gasteiger partial charge in [-0.25, -0.2) is 0 Å². The molecule has 1 atom stereocenters. The Hall–Kier alpha value is -2.90. The monoisotopic (exact) mass is 427 g/mol. The Morgan fingerprint density at radius 1 is 1.23 bits per heavy atom. The number of esters is 1. The molecule has 0 spiro atoms. The van der Waals surface area contributed by atoms with Crippen LogP contribution >= 0.6 is 0 Å². The van der Waals surface area contributed by atoms with Gasteiger partial charge in [-0.1, -0.05) is 12.1 Å². The second-order valence-corrected chi connectivity index (χ2v) is 8.69. The standard InChI is InChI=1S/C23H29N3O5/c1-3-31-21(29)11-13-24(14-16-8-9-16)20(28)15-25-22(30)17-6-4-5-7-18(17)26-19(27)10-12-23(25,26)2/h4-7,16H,3,8-15H2,1-2H3. The number of hydrogen-bond acceptors (Lipinski definition) is 5. The summed E-state index contributed by atoms with van der Waals surface area (Å²) in [7, 11) is 0. The molecule has 2 aliphatic heterocycles. The quantitative estimate of drug-likeness (QED) is 0.594. The first-order valence-electron chi connectivity index (χ1n) is 11.0. The van der Waals surface area contributed by atoms with Crippen LogP contribution in [0.1, 0.15) is 56.3 Å². The minimum absolute atomic E-state index is 0.0444. The summed E-state index contributed by atoms with van der Waals surface area (Å²) in [6, 6.07) is 7.06. The number of carbonyl (C=O) groups is 4. The highest BCUT2D eigenvalue weighted by molar-refractivity contribution is 6.11. The van der Waals surface area contributed by atoms with Crippen molar-refractivity contribution in [3.05, 3.63) is 29.8 Å². The molecule has 1 aliphatic carbocycles. The smallest absolute Gasteiger partial charge is 0.307 e. The van der Waals surface area contributed by atoms with Gasteiger partial charge in [-0.15, -0.1) is 0 Å². The normalized spacial score (nSPS) is 22.3. The van der Waals surface area contributed by atoms with E-state index < -0.39 is 5.66 Å². The number of carbonyl (C=O) groups excluding carboxylic acids is 4. The number of hydrogen-bond donors (Lipinski definition) is 0. The molecule has 2 fully saturated rings. The van der Waals surface area contributed by atoms with Gasteiger partial charge >= 0.3 is 5.97 Å². The fourth-order valence-corrected chi connectivity index (χ4v) is 4.57. The molecule has 1 saturated heterocycles. The molecule has 2 heterocycles. The van der Waals surface area contributed by atoms with Crippen LogP contribution in [0, 0.1) is 5.92 Å². The highest BCUT2D eigenvalue weighted by Crippen LogP contribution is 2.44. The summed E-state index contributed by atoms with van der Waals surface area (Å²) in [6.07, 6.45) is 3.07. The maximum Gasteiger partial charge on any atom is 0.307 e. The molecule has 3 amide bonds. The minimum atomic E-state index is -0.870. The highest BCUT2D eigenvalue weighted by Gasteiger charge is 2.53. The Bertz CT molecular complexity index is 912. The van der Waals surface area contributed by atoms with Crippen LogP contribution in [-0.4, -0.2) is 65.4 Å². The molecule has 0 N–H and O–H groups in total. The number of amides is 3. The number of nitrogens with zero attached hydrogens (tertiary/aromatic N) is 3. The molecule has 31 heavy (non-hydrogen) atoms. The molecule has 166 valence electrons. The van der Waals surface area contributed by atoms with E-state index in [1.807, 2.05) is 13.0 Å². The third-order valence-electron chi connectivity index (χ3n) is 6.46. The van der Waals surface area contributed by atoms with Gasteiger partial charge in [-0.3, -0.25) is 24.1 Å². The first-order chi connectivity index (χ1) is 14.8. The first kappa shape index (κ1) is 21.3. The summed E-state index contributed by atoms with van der Waals surface area (Å²) in [5, 5.41) is 0. The summed E-state index contributed by atoms with van der Waals surface area (Å²) in [5.41, 5.74) is 0.173. The first-order valence-corrected chi connectivity index (χ1v) is 11.0. The fraction of sp³-hybridized carbons (Fsp3) is 0.565. The zero-order valence-corrected chi connectivity index (χ0v) is 18.1. The van der Waals surface area contributed by atoms with E-state index >= 15 is 0 Å².